The maximum Gasteiger partial charge on any atom is 0.336 e. The largest absolute Gasteiger partial charge is 0.481 e. The number of hydrogen-bond donors (Lipinski definition) is 1. The quantitative estimate of drug-likeness (QED) is 0.746. The number of carbonyl (C=O) groups excluding carboxylic acids is 1. The van der Waals surface area contributed by atoms with Gasteiger partial charge in [0.1, 0.15) is 17.1 Å². The summed E-state index contributed by atoms with van der Waals surface area (Å²) in [6, 6.07) is 13.4. The van der Waals surface area contributed by atoms with E-state index < -0.39 is 11.7 Å². The first-order valence-electron chi connectivity index (χ1n) is 7.28. The molecule has 1 atom stereocenters. The predicted octanol–water partition coefficient (Wildman–Crippen LogP) is 3.34. The minimum Gasteiger partial charge on any atom is -0.481 e. The standard InChI is InChI=1S/C18H14FNO4/c1-11(18(22)20-14-6-4-13(19)5-7-14)23-15-8-2-12-3-9-17(21)24-16(12)10-15/h2-11H,1H3,(H,20,22)/t11-/m1/s1. The van der Waals surface area contributed by atoms with Crippen molar-refractivity contribution >= 4 is 22.6 Å². The van der Waals surface area contributed by atoms with E-state index in [1.165, 1.54) is 30.3 Å². The van der Waals surface area contributed by atoms with Crippen molar-refractivity contribution in [3.63, 3.8) is 0 Å². The highest BCUT2D eigenvalue weighted by molar-refractivity contribution is 5.94. The molecular weight excluding hydrogens is 313 g/mol. The van der Waals surface area contributed by atoms with Crippen LogP contribution in [0.3, 0.4) is 0 Å². The summed E-state index contributed by atoms with van der Waals surface area (Å²) < 4.78 is 23.5. The van der Waals surface area contributed by atoms with Crippen LogP contribution in [0.2, 0.25) is 0 Å². The van der Waals surface area contributed by atoms with Gasteiger partial charge in [-0.2, -0.15) is 0 Å². The number of fused-ring (bicyclic) bond motifs is 1. The van der Waals surface area contributed by atoms with Crippen LogP contribution in [0.4, 0.5) is 10.1 Å². The smallest absolute Gasteiger partial charge is 0.336 e. The van der Waals surface area contributed by atoms with E-state index in [9.17, 15) is 14.0 Å². The Kier molecular flexibility index (Phi) is 4.29. The highest BCUT2D eigenvalue weighted by Crippen LogP contribution is 2.20. The number of hydrogen-bond acceptors (Lipinski definition) is 4. The van der Waals surface area contributed by atoms with Gasteiger partial charge in [-0.1, -0.05) is 0 Å². The Labute approximate surface area is 136 Å². The van der Waals surface area contributed by atoms with Gasteiger partial charge in [0, 0.05) is 23.2 Å². The van der Waals surface area contributed by atoms with E-state index in [-0.39, 0.29) is 11.7 Å². The molecule has 1 N–H and O–H groups in total. The van der Waals surface area contributed by atoms with Gasteiger partial charge in [0.05, 0.1) is 0 Å². The predicted molar refractivity (Wildman–Crippen MR) is 87.6 cm³/mol. The molecule has 0 aliphatic carbocycles. The Balaban J connectivity index is 1.71. The Bertz CT molecular complexity index is 934. The molecule has 24 heavy (non-hydrogen) atoms. The van der Waals surface area contributed by atoms with E-state index in [0.717, 1.165) is 5.39 Å². The highest BCUT2D eigenvalue weighted by atomic mass is 19.1. The fourth-order valence-electron chi connectivity index (χ4n) is 2.15. The van der Waals surface area contributed by atoms with E-state index in [1.807, 2.05) is 0 Å². The lowest BCUT2D eigenvalue weighted by atomic mass is 10.2. The molecule has 0 unspecified atom stereocenters. The number of halogens is 1. The van der Waals surface area contributed by atoms with Crippen LogP contribution in [0, 0.1) is 5.82 Å². The molecule has 5 nitrogen and oxygen atoms in total. The summed E-state index contributed by atoms with van der Waals surface area (Å²) in [6.45, 7) is 1.59. The number of rotatable bonds is 4. The zero-order valence-electron chi connectivity index (χ0n) is 12.8. The van der Waals surface area contributed by atoms with E-state index in [2.05, 4.69) is 5.32 Å². The normalized spacial score (nSPS) is 11.9. The number of anilines is 1. The van der Waals surface area contributed by atoms with Crippen LogP contribution in [0.1, 0.15) is 6.92 Å². The minimum absolute atomic E-state index is 0.379. The van der Waals surface area contributed by atoms with Gasteiger partial charge in [0.2, 0.25) is 0 Å². The number of ether oxygens (including phenoxy) is 1. The fourth-order valence-corrected chi connectivity index (χ4v) is 2.15. The molecule has 2 aromatic carbocycles. The zero-order valence-corrected chi connectivity index (χ0v) is 12.8. The summed E-state index contributed by atoms with van der Waals surface area (Å²) in [4.78, 5) is 23.4. The Morgan fingerprint density at radius 3 is 2.58 bits per heavy atom. The Morgan fingerprint density at radius 1 is 1.12 bits per heavy atom. The zero-order chi connectivity index (χ0) is 17.1. The van der Waals surface area contributed by atoms with Crippen LogP contribution in [0.5, 0.6) is 5.75 Å². The third-order valence-corrected chi connectivity index (χ3v) is 3.39. The van der Waals surface area contributed by atoms with Crippen molar-refractivity contribution < 1.29 is 18.3 Å². The molecule has 122 valence electrons. The van der Waals surface area contributed by atoms with Crippen LogP contribution in [-0.4, -0.2) is 12.0 Å². The first kappa shape index (κ1) is 15.7. The molecule has 0 spiro atoms. The first-order valence-corrected chi connectivity index (χ1v) is 7.28. The monoisotopic (exact) mass is 327 g/mol. The molecule has 6 heteroatoms. The molecule has 1 aromatic heterocycles. The molecule has 0 fully saturated rings. The first-order chi connectivity index (χ1) is 11.5. The van der Waals surface area contributed by atoms with Crippen molar-refractivity contribution in [1.29, 1.82) is 0 Å². The molecule has 0 radical (unpaired) electrons. The average molecular weight is 327 g/mol. The second-order valence-electron chi connectivity index (χ2n) is 5.21. The van der Waals surface area contributed by atoms with Crippen molar-refractivity contribution in [2.24, 2.45) is 0 Å². The summed E-state index contributed by atoms with van der Waals surface area (Å²) in [5.74, 6) is -0.357. The molecule has 0 saturated heterocycles. The van der Waals surface area contributed by atoms with E-state index >= 15 is 0 Å². The maximum atomic E-state index is 12.9. The molecule has 1 amide bonds. The van der Waals surface area contributed by atoms with Crippen LogP contribution in [0.25, 0.3) is 11.0 Å². The van der Waals surface area contributed by atoms with E-state index in [0.29, 0.717) is 17.0 Å². The van der Waals surface area contributed by atoms with Gasteiger partial charge in [-0.05, 0) is 49.4 Å². The van der Waals surface area contributed by atoms with E-state index in [1.54, 1.807) is 31.2 Å². The molecule has 0 saturated carbocycles. The summed E-state index contributed by atoms with van der Waals surface area (Å²) >= 11 is 0. The molecule has 0 bridgehead atoms. The fraction of sp³-hybridized carbons (Fsp3) is 0.111. The second kappa shape index (κ2) is 6.54. The van der Waals surface area contributed by atoms with Crippen LogP contribution in [0.15, 0.2) is 63.8 Å². The van der Waals surface area contributed by atoms with Crippen LogP contribution >= 0.6 is 0 Å². The minimum atomic E-state index is -0.789. The van der Waals surface area contributed by atoms with Gasteiger partial charge in [0.25, 0.3) is 5.91 Å². The number of benzene rings is 2. The lowest BCUT2D eigenvalue weighted by Gasteiger charge is -2.15. The molecule has 3 rings (SSSR count). The van der Waals surface area contributed by atoms with Crippen LogP contribution in [-0.2, 0) is 4.79 Å². The van der Waals surface area contributed by atoms with E-state index in [4.69, 9.17) is 9.15 Å². The summed E-state index contributed by atoms with van der Waals surface area (Å²) in [5, 5.41) is 3.39. The third-order valence-electron chi connectivity index (χ3n) is 3.39. The highest BCUT2D eigenvalue weighted by Gasteiger charge is 2.15. The van der Waals surface area contributed by atoms with Crippen LogP contribution < -0.4 is 15.7 Å². The SMILES string of the molecule is C[C@@H](Oc1ccc2ccc(=O)oc2c1)C(=O)Nc1ccc(F)cc1. The summed E-state index contributed by atoms with van der Waals surface area (Å²) in [5.41, 5.74) is 0.397. The summed E-state index contributed by atoms with van der Waals surface area (Å²) in [7, 11) is 0. The van der Waals surface area contributed by atoms with Gasteiger partial charge in [-0.3, -0.25) is 4.79 Å². The van der Waals surface area contributed by atoms with Gasteiger partial charge < -0.3 is 14.5 Å². The topological polar surface area (TPSA) is 68.5 Å². The Morgan fingerprint density at radius 2 is 1.83 bits per heavy atom. The number of carbonyl (C=O) groups is 1. The van der Waals surface area contributed by atoms with Gasteiger partial charge in [0.15, 0.2) is 6.10 Å². The Hall–Kier alpha value is -3.15. The molecule has 3 aromatic rings. The van der Waals surface area contributed by atoms with Crippen molar-refractivity contribution in [3.8, 4) is 5.75 Å². The lowest BCUT2D eigenvalue weighted by molar-refractivity contribution is -0.122. The van der Waals surface area contributed by atoms with Gasteiger partial charge in [-0.15, -0.1) is 0 Å². The van der Waals surface area contributed by atoms with Crippen molar-refractivity contribution in [1.82, 2.24) is 0 Å². The van der Waals surface area contributed by atoms with Crippen molar-refractivity contribution in [2.75, 3.05) is 5.32 Å². The number of amides is 1. The molecule has 1 heterocycles. The molecule has 0 aliphatic heterocycles. The lowest BCUT2D eigenvalue weighted by Crippen LogP contribution is -2.30. The average Bonchev–Trinajstić information content (AvgIpc) is 2.56. The second-order valence-corrected chi connectivity index (χ2v) is 5.21. The number of nitrogens with one attached hydrogen (secondary N) is 1. The van der Waals surface area contributed by atoms with Gasteiger partial charge in [-0.25, -0.2) is 9.18 Å². The maximum absolute atomic E-state index is 12.9. The molecule has 0 aliphatic rings. The summed E-state index contributed by atoms with van der Waals surface area (Å²) in [6.07, 6.45) is -0.789. The van der Waals surface area contributed by atoms with Gasteiger partial charge >= 0.3 is 5.63 Å². The molecular formula is C18H14FNO4. The van der Waals surface area contributed by atoms with Crippen molar-refractivity contribution in [3.05, 3.63) is 70.8 Å². The van der Waals surface area contributed by atoms with Crippen molar-refractivity contribution in [2.45, 2.75) is 13.0 Å². The third kappa shape index (κ3) is 3.60.